The van der Waals surface area contributed by atoms with Crippen LogP contribution in [0.5, 0.6) is 5.75 Å². The molecule has 1 unspecified atom stereocenters. The van der Waals surface area contributed by atoms with Gasteiger partial charge in [-0.05, 0) is 46.3 Å². The van der Waals surface area contributed by atoms with Crippen LogP contribution in [-0.4, -0.2) is 9.97 Å². The molecule has 1 atom stereocenters. The van der Waals surface area contributed by atoms with Crippen LogP contribution in [0.3, 0.4) is 0 Å². The fourth-order valence-corrected chi connectivity index (χ4v) is 4.30. The Morgan fingerprint density at radius 3 is 2.50 bits per heavy atom. The van der Waals surface area contributed by atoms with E-state index in [0.717, 1.165) is 54.5 Å². The van der Waals surface area contributed by atoms with Crippen molar-refractivity contribution < 1.29 is 4.74 Å². The second-order valence-electron chi connectivity index (χ2n) is 7.26. The third-order valence-corrected chi connectivity index (χ3v) is 5.92. The number of para-hydroxylation sites is 1. The van der Waals surface area contributed by atoms with E-state index in [4.69, 9.17) is 9.72 Å². The van der Waals surface area contributed by atoms with E-state index in [1.165, 1.54) is 0 Å². The second-order valence-corrected chi connectivity index (χ2v) is 8.07. The van der Waals surface area contributed by atoms with Gasteiger partial charge in [-0.2, -0.15) is 0 Å². The maximum absolute atomic E-state index is 6.26. The number of benzene rings is 3. The van der Waals surface area contributed by atoms with Crippen LogP contribution in [0.15, 0.2) is 89.7 Å². The molecule has 5 heteroatoms. The van der Waals surface area contributed by atoms with E-state index < -0.39 is 0 Å². The summed E-state index contributed by atoms with van der Waals surface area (Å²) in [6, 6.07) is 26.6. The lowest BCUT2D eigenvalue weighted by Gasteiger charge is -2.13. The molecule has 30 heavy (non-hydrogen) atoms. The first-order chi connectivity index (χ1) is 14.8. The van der Waals surface area contributed by atoms with Gasteiger partial charge in [0, 0.05) is 33.5 Å². The highest BCUT2D eigenvalue weighted by atomic mass is 79.9. The largest absolute Gasteiger partial charge is 0.464 e. The van der Waals surface area contributed by atoms with Crippen LogP contribution in [0.25, 0.3) is 32.9 Å². The topological polar surface area (TPSA) is 47.0 Å². The molecule has 0 amide bonds. The Bertz CT molecular complexity index is 1400. The van der Waals surface area contributed by atoms with E-state index in [1.807, 2.05) is 54.7 Å². The van der Waals surface area contributed by atoms with Crippen LogP contribution >= 0.6 is 15.9 Å². The predicted molar refractivity (Wildman–Crippen MR) is 124 cm³/mol. The summed E-state index contributed by atoms with van der Waals surface area (Å²) in [6.45, 7) is 0. The molecule has 1 aliphatic rings. The molecule has 0 bridgehead atoms. The third-order valence-electron chi connectivity index (χ3n) is 5.45. The number of rotatable bonds is 2. The summed E-state index contributed by atoms with van der Waals surface area (Å²) in [6.07, 6.45) is 1.64. The smallest absolute Gasteiger partial charge is 0.196 e. The van der Waals surface area contributed by atoms with Gasteiger partial charge in [-0.15, -0.1) is 0 Å². The predicted octanol–water partition coefficient (Wildman–Crippen LogP) is 6.72. The molecular weight excluding hydrogens is 438 g/mol. The van der Waals surface area contributed by atoms with Gasteiger partial charge in [0.05, 0.1) is 16.9 Å². The van der Waals surface area contributed by atoms with Crippen molar-refractivity contribution in [2.24, 2.45) is 0 Å². The summed E-state index contributed by atoms with van der Waals surface area (Å²) in [5.41, 5.74) is 4.94. The highest BCUT2D eigenvalue weighted by Crippen LogP contribution is 2.46. The molecule has 0 aliphatic carbocycles. The number of ether oxygens (including phenoxy) is 1. The molecule has 6 rings (SSSR count). The van der Waals surface area contributed by atoms with Gasteiger partial charge < -0.3 is 10.1 Å². The first-order valence-corrected chi connectivity index (χ1v) is 10.5. The molecule has 0 spiro atoms. The lowest BCUT2D eigenvalue weighted by Crippen LogP contribution is -2.09. The highest BCUT2D eigenvalue weighted by molar-refractivity contribution is 9.10. The van der Waals surface area contributed by atoms with Gasteiger partial charge in [0.1, 0.15) is 10.4 Å². The number of fused-ring (bicyclic) bond motifs is 5. The Morgan fingerprint density at radius 2 is 1.67 bits per heavy atom. The van der Waals surface area contributed by atoms with Gasteiger partial charge in [0.2, 0.25) is 0 Å². The fraction of sp³-hybridized carbons (Fsp3) is 0.0400. The number of pyridine rings is 2. The van der Waals surface area contributed by atoms with Crippen molar-refractivity contribution >= 4 is 43.3 Å². The molecule has 0 fully saturated rings. The van der Waals surface area contributed by atoms with Crippen molar-refractivity contribution in [3.63, 3.8) is 0 Å². The van der Waals surface area contributed by atoms with Crippen molar-refractivity contribution in [3.8, 4) is 17.0 Å². The van der Waals surface area contributed by atoms with E-state index in [1.54, 1.807) is 0 Å². The standard InChI is InChI=1S/C25H16BrN3O/c26-21-13-10-16(14-27-21)23-18-11-12-20-24(22(18)17-8-4-5-9-19(17)28-23)29-25(30-20)15-6-2-1-3-7-15/h1-14,25,29H. The van der Waals surface area contributed by atoms with Gasteiger partial charge in [-0.3, -0.25) is 0 Å². The van der Waals surface area contributed by atoms with Crippen LogP contribution in [0.4, 0.5) is 5.69 Å². The summed E-state index contributed by atoms with van der Waals surface area (Å²) >= 11 is 3.42. The van der Waals surface area contributed by atoms with E-state index in [9.17, 15) is 0 Å². The molecule has 1 aliphatic heterocycles. The first-order valence-electron chi connectivity index (χ1n) is 9.73. The molecule has 5 aromatic rings. The third kappa shape index (κ3) is 2.74. The number of halogens is 1. The number of nitrogens with zero attached hydrogens (tertiary/aromatic N) is 2. The average Bonchev–Trinajstić information content (AvgIpc) is 3.24. The van der Waals surface area contributed by atoms with Crippen LogP contribution in [0.1, 0.15) is 11.8 Å². The zero-order valence-corrected chi connectivity index (χ0v) is 17.4. The summed E-state index contributed by atoms with van der Waals surface area (Å²) in [5, 5.41) is 6.89. The molecule has 3 aromatic carbocycles. The molecule has 0 radical (unpaired) electrons. The minimum atomic E-state index is -0.212. The van der Waals surface area contributed by atoms with Gasteiger partial charge in [-0.25, -0.2) is 9.97 Å². The lowest BCUT2D eigenvalue weighted by molar-refractivity contribution is 0.260. The highest BCUT2D eigenvalue weighted by Gasteiger charge is 2.27. The van der Waals surface area contributed by atoms with Gasteiger partial charge in [0.25, 0.3) is 0 Å². The lowest BCUT2D eigenvalue weighted by atomic mass is 9.99. The molecule has 0 saturated carbocycles. The molecule has 2 aromatic heterocycles. The SMILES string of the molecule is Brc1ccc(-c2nc3ccccc3c3c4c(ccc23)OC(c2ccccc2)N4)cn1. The number of hydrogen-bond donors (Lipinski definition) is 1. The van der Waals surface area contributed by atoms with Crippen molar-refractivity contribution in [1.82, 2.24) is 9.97 Å². The van der Waals surface area contributed by atoms with Crippen molar-refractivity contribution in [1.29, 1.82) is 0 Å². The molecule has 1 N–H and O–H groups in total. The number of hydrogen-bond acceptors (Lipinski definition) is 4. The van der Waals surface area contributed by atoms with E-state index >= 15 is 0 Å². The van der Waals surface area contributed by atoms with E-state index in [-0.39, 0.29) is 6.23 Å². The Hall–Kier alpha value is -3.44. The number of aromatic nitrogens is 2. The summed E-state index contributed by atoms with van der Waals surface area (Å²) in [7, 11) is 0. The molecule has 3 heterocycles. The molecule has 144 valence electrons. The van der Waals surface area contributed by atoms with E-state index in [0.29, 0.717) is 0 Å². The Labute approximate surface area is 181 Å². The van der Waals surface area contributed by atoms with Crippen LogP contribution in [-0.2, 0) is 0 Å². The average molecular weight is 454 g/mol. The zero-order valence-electron chi connectivity index (χ0n) is 15.8. The van der Waals surface area contributed by atoms with Gasteiger partial charge >= 0.3 is 0 Å². The van der Waals surface area contributed by atoms with E-state index in [2.05, 4.69) is 56.6 Å². The fourth-order valence-electron chi connectivity index (χ4n) is 4.07. The Kier molecular flexibility index (Phi) is 3.96. The maximum atomic E-state index is 6.26. The minimum absolute atomic E-state index is 0.212. The van der Waals surface area contributed by atoms with Crippen LogP contribution < -0.4 is 10.1 Å². The summed E-state index contributed by atoms with van der Waals surface area (Å²) in [5.74, 6) is 0.854. The van der Waals surface area contributed by atoms with Crippen molar-refractivity contribution in [3.05, 3.63) is 95.2 Å². The van der Waals surface area contributed by atoms with Crippen LogP contribution in [0.2, 0.25) is 0 Å². The molecule has 4 nitrogen and oxygen atoms in total. The molecular formula is C25H16BrN3O. The summed E-state index contributed by atoms with van der Waals surface area (Å²) in [4.78, 5) is 9.38. The molecule has 0 saturated heterocycles. The van der Waals surface area contributed by atoms with Crippen molar-refractivity contribution in [2.45, 2.75) is 6.23 Å². The minimum Gasteiger partial charge on any atom is -0.464 e. The maximum Gasteiger partial charge on any atom is 0.196 e. The quantitative estimate of drug-likeness (QED) is 0.238. The number of anilines is 1. The Balaban J connectivity index is 1.62. The van der Waals surface area contributed by atoms with Crippen LogP contribution in [0, 0.1) is 0 Å². The monoisotopic (exact) mass is 453 g/mol. The second kappa shape index (κ2) is 6.82. The van der Waals surface area contributed by atoms with Gasteiger partial charge in [0.15, 0.2) is 6.23 Å². The Morgan fingerprint density at radius 1 is 0.833 bits per heavy atom. The normalized spacial score (nSPS) is 15.0. The summed E-state index contributed by atoms with van der Waals surface area (Å²) < 4.78 is 7.06. The van der Waals surface area contributed by atoms with Gasteiger partial charge in [-0.1, -0.05) is 48.5 Å². The van der Waals surface area contributed by atoms with Crippen molar-refractivity contribution in [2.75, 3.05) is 5.32 Å². The number of nitrogens with one attached hydrogen (secondary N) is 1. The zero-order chi connectivity index (χ0) is 20.1. The first kappa shape index (κ1) is 17.4.